The number of nitrogens with one attached hydrogen (secondary N) is 2. The lowest BCUT2D eigenvalue weighted by atomic mass is 10.1. The molecule has 2 saturated heterocycles. The summed E-state index contributed by atoms with van der Waals surface area (Å²) >= 11 is 0. The normalized spacial score (nSPS) is 20.4. The Morgan fingerprint density at radius 2 is 2.21 bits per heavy atom. The molecule has 2 aliphatic rings. The zero-order chi connectivity index (χ0) is 19.6. The lowest BCUT2D eigenvalue weighted by molar-refractivity contribution is -0.0318. The number of ether oxygens (including phenoxy) is 2. The molecule has 2 fully saturated rings. The molecule has 9 heteroatoms. The van der Waals surface area contributed by atoms with Crippen LogP contribution in [0.4, 0.5) is 10.2 Å². The van der Waals surface area contributed by atoms with Gasteiger partial charge in [0.25, 0.3) is 0 Å². The van der Waals surface area contributed by atoms with Crippen molar-refractivity contribution in [1.82, 2.24) is 15.6 Å². The van der Waals surface area contributed by atoms with Gasteiger partial charge in [-0.05, 0) is 44.7 Å². The van der Waals surface area contributed by atoms with Crippen molar-refractivity contribution in [2.45, 2.75) is 44.8 Å². The van der Waals surface area contributed by atoms with Gasteiger partial charge in [0.2, 0.25) is 0 Å². The maximum absolute atomic E-state index is 13.9. The van der Waals surface area contributed by atoms with Crippen LogP contribution >= 0.6 is 24.0 Å². The van der Waals surface area contributed by atoms with E-state index in [1.54, 1.807) is 12.3 Å². The van der Waals surface area contributed by atoms with Gasteiger partial charge in [-0.15, -0.1) is 24.0 Å². The van der Waals surface area contributed by atoms with Crippen LogP contribution in [-0.2, 0) is 9.47 Å². The number of hydrogen-bond donors (Lipinski definition) is 2. The van der Waals surface area contributed by atoms with Gasteiger partial charge in [-0.3, -0.25) is 4.99 Å². The van der Waals surface area contributed by atoms with E-state index in [1.807, 2.05) is 4.90 Å². The van der Waals surface area contributed by atoms with E-state index in [-0.39, 0.29) is 35.8 Å². The molecule has 0 amide bonds. The molecule has 0 saturated carbocycles. The van der Waals surface area contributed by atoms with Crippen LogP contribution in [0, 0.1) is 5.82 Å². The van der Waals surface area contributed by atoms with Crippen molar-refractivity contribution in [3.05, 3.63) is 24.1 Å². The maximum atomic E-state index is 13.9. The molecule has 3 heterocycles. The fraction of sp³-hybridized carbons (Fsp3) is 0.700. The van der Waals surface area contributed by atoms with E-state index in [0.717, 1.165) is 64.6 Å². The summed E-state index contributed by atoms with van der Waals surface area (Å²) in [6, 6.07) is 3.29. The Kier molecular flexibility index (Phi) is 10.9. The largest absolute Gasteiger partial charge is 0.381 e. The van der Waals surface area contributed by atoms with Gasteiger partial charge in [0.05, 0.1) is 6.10 Å². The van der Waals surface area contributed by atoms with E-state index < -0.39 is 0 Å². The number of aromatic nitrogens is 1. The predicted molar refractivity (Wildman–Crippen MR) is 124 cm³/mol. The van der Waals surface area contributed by atoms with E-state index in [9.17, 15) is 4.39 Å². The standard InChI is InChI=1S/C20H32FN5O2.HI/c1-2-22-20(24-10-4-12-28-17-7-13-27-14-8-17)25-16-6-11-26(15-16)19-18(21)5-3-9-23-19;/h3,5,9,16-17H,2,4,6-8,10-15H2,1H3,(H2,22,24,25);1H. The number of rotatable bonds is 8. The molecular weight excluding hydrogens is 488 g/mol. The molecule has 29 heavy (non-hydrogen) atoms. The molecule has 0 aliphatic carbocycles. The highest BCUT2D eigenvalue weighted by Crippen LogP contribution is 2.20. The van der Waals surface area contributed by atoms with Gasteiger partial charge in [0.1, 0.15) is 0 Å². The first-order chi connectivity index (χ1) is 13.8. The summed E-state index contributed by atoms with van der Waals surface area (Å²) in [6.07, 6.45) is 5.76. The van der Waals surface area contributed by atoms with Crippen LogP contribution in [0.1, 0.15) is 32.6 Å². The molecule has 7 nitrogen and oxygen atoms in total. The lowest BCUT2D eigenvalue weighted by Gasteiger charge is -2.22. The van der Waals surface area contributed by atoms with Crippen LogP contribution in [0.2, 0.25) is 0 Å². The number of guanidine groups is 1. The molecule has 1 unspecified atom stereocenters. The summed E-state index contributed by atoms with van der Waals surface area (Å²) in [5.41, 5.74) is 0. The van der Waals surface area contributed by atoms with Crippen molar-refractivity contribution in [2.24, 2.45) is 4.99 Å². The minimum absolute atomic E-state index is 0. The fourth-order valence-electron chi connectivity index (χ4n) is 3.54. The molecule has 2 N–H and O–H groups in total. The second-order valence-electron chi connectivity index (χ2n) is 7.18. The smallest absolute Gasteiger partial charge is 0.191 e. The summed E-state index contributed by atoms with van der Waals surface area (Å²) < 4.78 is 25.2. The highest BCUT2D eigenvalue weighted by molar-refractivity contribution is 14.0. The third-order valence-electron chi connectivity index (χ3n) is 5.01. The van der Waals surface area contributed by atoms with Crippen molar-refractivity contribution >= 4 is 35.8 Å². The summed E-state index contributed by atoms with van der Waals surface area (Å²) in [6.45, 7) is 7.39. The Balaban J connectivity index is 0.00000300. The molecule has 1 aromatic heterocycles. The zero-order valence-corrected chi connectivity index (χ0v) is 19.4. The molecule has 0 bridgehead atoms. The SMILES string of the molecule is CCNC(=NCCCOC1CCOCC1)NC1CCN(c2ncccc2F)C1.I. The first-order valence-electron chi connectivity index (χ1n) is 10.4. The number of anilines is 1. The first kappa shape index (κ1) is 24.1. The third kappa shape index (κ3) is 7.86. The molecule has 0 aromatic carbocycles. The molecule has 1 aromatic rings. The molecule has 3 rings (SSSR count). The van der Waals surface area contributed by atoms with Crippen LogP contribution in [0.15, 0.2) is 23.3 Å². The van der Waals surface area contributed by atoms with Crippen molar-refractivity contribution in [3.8, 4) is 0 Å². The number of halogens is 2. The number of pyridine rings is 1. The number of nitrogens with zero attached hydrogens (tertiary/aromatic N) is 3. The van der Waals surface area contributed by atoms with Gasteiger partial charge < -0.3 is 25.0 Å². The third-order valence-corrected chi connectivity index (χ3v) is 5.01. The number of hydrogen-bond acceptors (Lipinski definition) is 5. The van der Waals surface area contributed by atoms with E-state index in [2.05, 4.69) is 27.5 Å². The van der Waals surface area contributed by atoms with Crippen LogP contribution < -0.4 is 15.5 Å². The van der Waals surface area contributed by atoms with Crippen molar-refractivity contribution in [1.29, 1.82) is 0 Å². The van der Waals surface area contributed by atoms with Gasteiger partial charge in [-0.25, -0.2) is 9.37 Å². The van der Waals surface area contributed by atoms with Crippen LogP contribution in [0.5, 0.6) is 0 Å². The van der Waals surface area contributed by atoms with Crippen molar-refractivity contribution in [2.75, 3.05) is 50.9 Å². The summed E-state index contributed by atoms with van der Waals surface area (Å²) in [5.74, 6) is 0.967. The summed E-state index contributed by atoms with van der Waals surface area (Å²) in [5, 5.41) is 6.76. The minimum atomic E-state index is -0.270. The zero-order valence-electron chi connectivity index (χ0n) is 17.1. The van der Waals surface area contributed by atoms with E-state index in [4.69, 9.17) is 9.47 Å². The molecule has 164 valence electrons. The lowest BCUT2D eigenvalue weighted by Crippen LogP contribution is -2.44. The topological polar surface area (TPSA) is 71.0 Å². The minimum Gasteiger partial charge on any atom is -0.381 e. The molecule has 0 radical (unpaired) electrons. The average Bonchev–Trinajstić information content (AvgIpc) is 3.17. The van der Waals surface area contributed by atoms with Gasteiger partial charge in [-0.1, -0.05) is 0 Å². The van der Waals surface area contributed by atoms with Crippen molar-refractivity contribution < 1.29 is 13.9 Å². The summed E-state index contributed by atoms with van der Waals surface area (Å²) in [4.78, 5) is 10.8. The Labute approximate surface area is 189 Å². The van der Waals surface area contributed by atoms with Gasteiger partial charge >= 0.3 is 0 Å². The monoisotopic (exact) mass is 521 g/mol. The Morgan fingerprint density at radius 1 is 1.38 bits per heavy atom. The molecular formula is C20H33FIN5O2. The highest BCUT2D eigenvalue weighted by atomic mass is 127. The Bertz CT molecular complexity index is 631. The second kappa shape index (κ2) is 13.2. The van der Waals surface area contributed by atoms with E-state index >= 15 is 0 Å². The fourth-order valence-corrected chi connectivity index (χ4v) is 3.54. The molecule has 0 spiro atoms. The van der Waals surface area contributed by atoms with Crippen LogP contribution in [0.3, 0.4) is 0 Å². The highest BCUT2D eigenvalue weighted by Gasteiger charge is 2.25. The quantitative estimate of drug-likeness (QED) is 0.237. The molecule has 2 aliphatic heterocycles. The van der Waals surface area contributed by atoms with Gasteiger partial charge in [0.15, 0.2) is 17.6 Å². The van der Waals surface area contributed by atoms with Crippen molar-refractivity contribution in [3.63, 3.8) is 0 Å². The second-order valence-corrected chi connectivity index (χ2v) is 7.18. The maximum Gasteiger partial charge on any atom is 0.191 e. The van der Waals surface area contributed by atoms with E-state index in [0.29, 0.717) is 25.0 Å². The first-order valence-corrected chi connectivity index (χ1v) is 10.4. The van der Waals surface area contributed by atoms with Crippen LogP contribution in [0.25, 0.3) is 0 Å². The Morgan fingerprint density at radius 3 is 2.97 bits per heavy atom. The molecule has 1 atom stereocenters. The van der Waals surface area contributed by atoms with Gasteiger partial charge in [0, 0.05) is 58.2 Å². The Hall–Kier alpha value is -1.20. The predicted octanol–water partition coefficient (Wildman–Crippen LogP) is 2.56. The number of aliphatic imine (C=N–C) groups is 1. The van der Waals surface area contributed by atoms with E-state index in [1.165, 1.54) is 6.07 Å². The van der Waals surface area contributed by atoms with Crippen LogP contribution in [-0.4, -0.2) is 69.1 Å². The summed E-state index contributed by atoms with van der Waals surface area (Å²) in [7, 11) is 0. The van der Waals surface area contributed by atoms with Gasteiger partial charge in [-0.2, -0.15) is 0 Å². The average molecular weight is 521 g/mol.